The van der Waals surface area contributed by atoms with Gasteiger partial charge in [-0.1, -0.05) is 0 Å². The van der Waals surface area contributed by atoms with Crippen molar-refractivity contribution in [2.45, 2.75) is 18.9 Å². The number of esters is 1. The quantitative estimate of drug-likeness (QED) is 0.673. The van der Waals surface area contributed by atoms with E-state index in [1.165, 1.54) is 0 Å². The Bertz CT molecular complexity index is 416. The third kappa shape index (κ3) is 3.20. The van der Waals surface area contributed by atoms with E-state index in [2.05, 4.69) is 15.9 Å². The highest BCUT2D eigenvalue weighted by atomic mass is 79.9. The average Bonchev–Trinajstić information content (AvgIpc) is 2.33. The van der Waals surface area contributed by atoms with Gasteiger partial charge in [0.05, 0.1) is 12.2 Å². The molecule has 1 saturated heterocycles. The van der Waals surface area contributed by atoms with Gasteiger partial charge in [-0.05, 0) is 47.0 Å². The number of nitrogen functional groups attached to an aromatic ring is 1. The molecular formula is C12H14BrNO3. The van der Waals surface area contributed by atoms with Crippen LogP contribution in [0.5, 0.6) is 0 Å². The van der Waals surface area contributed by atoms with E-state index in [0.29, 0.717) is 22.3 Å². The minimum atomic E-state index is -0.361. The summed E-state index contributed by atoms with van der Waals surface area (Å²) in [6, 6.07) is 5.07. The number of hydrogen-bond acceptors (Lipinski definition) is 4. The molecule has 0 spiro atoms. The van der Waals surface area contributed by atoms with Crippen molar-refractivity contribution in [1.29, 1.82) is 0 Å². The van der Waals surface area contributed by atoms with E-state index in [1.807, 2.05) is 0 Å². The maximum Gasteiger partial charge on any atom is 0.339 e. The molecule has 0 amide bonds. The number of carbonyl (C=O) groups excluding carboxylic acids is 1. The van der Waals surface area contributed by atoms with Crippen LogP contribution < -0.4 is 5.73 Å². The molecule has 0 aliphatic carbocycles. The Balaban J connectivity index is 2.05. The fourth-order valence-electron chi connectivity index (χ4n) is 1.72. The van der Waals surface area contributed by atoms with Crippen LogP contribution in [0.25, 0.3) is 0 Å². The van der Waals surface area contributed by atoms with Gasteiger partial charge in [0.15, 0.2) is 0 Å². The third-order valence-electron chi connectivity index (χ3n) is 2.60. The highest BCUT2D eigenvalue weighted by Gasteiger charge is 2.20. The molecule has 0 radical (unpaired) electrons. The van der Waals surface area contributed by atoms with Crippen LogP contribution in [-0.2, 0) is 9.47 Å². The first-order valence-electron chi connectivity index (χ1n) is 5.50. The summed E-state index contributed by atoms with van der Waals surface area (Å²) in [7, 11) is 0. The highest BCUT2D eigenvalue weighted by molar-refractivity contribution is 9.10. The molecular weight excluding hydrogens is 286 g/mol. The van der Waals surface area contributed by atoms with Gasteiger partial charge in [0, 0.05) is 16.8 Å². The molecule has 5 heteroatoms. The maximum absolute atomic E-state index is 11.9. The number of hydrogen-bond donors (Lipinski definition) is 1. The van der Waals surface area contributed by atoms with Gasteiger partial charge in [-0.25, -0.2) is 4.79 Å². The van der Waals surface area contributed by atoms with Gasteiger partial charge in [0.2, 0.25) is 0 Å². The molecule has 0 aromatic heterocycles. The molecule has 1 aliphatic rings. The molecule has 1 heterocycles. The first kappa shape index (κ1) is 12.4. The van der Waals surface area contributed by atoms with Gasteiger partial charge in [0.25, 0.3) is 0 Å². The van der Waals surface area contributed by atoms with Crippen molar-refractivity contribution >= 4 is 27.6 Å². The Labute approximate surface area is 108 Å². The Morgan fingerprint density at radius 1 is 1.53 bits per heavy atom. The SMILES string of the molecule is Nc1ccc(Br)c(C(=O)OC2CCCOC2)c1. The lowest BCUT2D eigenvalue weighted by Gasteiger charge is -2.22. The van der Waals surface area contributed by atoms with Gasteiger partial charge in [-0.2, -0.15) is 0 Å². The molecule has 1 unspecified atom stereocenters. The van der Waals surface area contributed by atoms with Crippen LogP contribution in [-0.4, -0.2) is 25.3 Å². The largest absolute Gasteiger partial charge is 0.456 e. The number of nitrogens with two attached hydrogens (primary N) is 1. The number of halogens is 1. The first-order valence-corrected chi connectivity index (χ1v) is 6.30. The molecule has 1 atom stereocenters. The number of ether oxygens (including phenoxy) is 2. The zero-order chi connectivity index (χ0) is 12.3. The van der Waals surface area contributed by atoms with Crippen molar-refractivity contribution < 1.29 is 14.3 Å². The van der Waals surface area contributed by atoms with E-state index >= 15 is 0 Å². The minimum absolute atomic E-state index is 0.149. The summed E-state index contributed by atoms with van der Waals surface area (Å²) in [5, 5.41) is 0. The van der Waals surface area contributed by atoms with Crippen molar-refractivity contribution in [2.24, 2.45) is 0 Å². The molecule has 1 aromatic carbocycles. The van der Waals surface area contributed by atoms with E-state index in [9.17, 15) is 4.79 Å². The zero-order valence-corrected chi connectivity index (χ0v) is 10.9. The Kier molecular flexibility index (Phi) is 4.02. The second-order valence-electron chi connectivity index (χ2n) is 3.98. The summed E-state index contributed by atoms with van der Waals surface area (Å²) < 4.78 is 11.3. The zero-order valence-electron chi connectivity index (χ0n) is 9.32. The van der Waals surface area contributed by atoms with Crippen LogP contribution >= 0.6 is 15.9 Å². The average molecular weight is 300 g/mol. The molecule has 92 valence electrons. The first-order chi connectivity index (χ1) is 8.16. The second-order valence-corrected chi connectivity index (χ2v) is 4.84. The van der Waals surface area contributed by atoms with Gasteiger partial charge >= 0.3 is 5.97 Å². The summed E-state index contributed by atoms with van der Waals surface area (Å²) in [6.45, 7) is 1.22. The van der Waals surface area contributed by atoms with Crippen molar-refractivity contribution in [3.05, 3.63) is 28.2 Å². The summed E-state index contributed by atoms with van der Waals surface area (Å²) in [5.74, 6) is -0.361. The van der Waals surface area contributed by atoms with Crippen molar-refractivity contribution in [3.8, 4) is 0 Å². The van der Waals surface area contributed by atoms with E-state index in [0.717, 1.165) is 19.4 Å². The molecule has 2 N–H and O–H groups in total. The smallest absolute Gasteiger partial charge is 0.339 e. The minimum Gasteiger partial charge on any atom is -0.456 e. The summed E-state index contributed by atoms with van der Waals surface area (Å²) in [4.78, 5) is 11.9. The van der Waals surface area contributed by atoms with Crippen LogP contribution in [0.4, 0.5) is 5.69 Å². The van der Waals surface area contributed by atoms with E-state index in [1.54, 1.807) is 18.2 Å². The number of benzene rings is 1. The monoisotopic (exact) mass is 299 g/mol. The molecule has 1 aromatic rings. The highest BCUT2D eigenvalue weighted by Crippen LogP contribution is 2.22. The third-order valence-corrected chi connectivity index (χ3v) is 3.29. The van der Waals surface area contributed by atoms with Crippen LogP contribution in [0.3, 0.4) is 0 Å². The summed E-state index contributed by atoms with van der Waals surface area (Å²) in [6.07, 6.45) is 1.63. The fourth-order valence-corrected chi connectivity index (χ4v) is 2.13. The topological polar surface area (TPSA) is 61.6 Å². The normalized spacial score (nSPS) is 19.9. The number of carbonyl (C=O) groups is 1. The Hall–Kier alpha value is -1.07. The van der Waals surface area contributed by atoms with Crippen molar-refractivity contribution in [2.75, 3.05) is 18.9 Å². The van der Waals surface area contributed by atoms with Gasteiger partial charge in [-0.15, -0.1) is 0 Å². The van der Waals surface area contributed by atoms with E-state index in [-0.39, 0.29) is 12.1 Å². The van der Waals surface area contributed by atoms with Gasteiger partial charge < -0.3 is 15.2 Å². The van der Waals surface area contributed by atoms with Crippen LogP contribution in [0.15, 0.2) is 22.7 Å². The Morgan fingerprint density at radius 3 is 3.06 bits per heavy atom. The van der Waals surface area contributed by atoms with Gasteiger partial charge in [0.1, 0.15) is 6.10 Å². The lowest BCUT2D eigenvalue weighted by Crippen LogP contribution is -2.28. The summed E-state index contributed by atoms with van der Waals surface area (Å²) in [5.41, 5.74) is 6.64. The molecule has 0 saturated carbocycles. The molecule has 2 rings (SSSR count). The molecule has 17 heavy (non-hydrogen) atoms. The maximum atomic E-state index is 11.9. The van der Waals surface area contributed by atoms with Crippen molar-refractivity contribution in [1.82, 2.24) is 0 Å². The summed E-state index contributed by atoms with van der Waals surface area (Å²) >= 11 is 3.31. The lowest BCUT2D eigenvalue weighted by molar-refractivity contribution is -0.0306. The molecule has 4 nitrogen and oxygen atoms in total. The number of anilines is 1. The van der Waals surface area contributed by atoms with Crippen LogP contribution in [0.1, 0.15) is 23.2 Å². The predicted octanol–water partition coefficient (Wildman–Crippen LogP) is 2.37. The number of rotatable bonds is 2. The molecule has 1 aliphatic heterocycles. The van der Waals surface area contributed by atoms with Crippen molar-refractivity contribution in [3.63, 3.8) is 0 Å². The van der Waals surface area contributed by atoms with Gasteiger partial charge in [-0.3, -0.25) is 0 Å². The van der Waals surface area contributed by atoms with Crippen LogP contribution in [0.2, 0.25) is 0 Å². The standard InChI is InChI=1S/C12H14BrNO3/c13-11-4-3-8(14)6-10(11)12(15)17-9-2-1-5-16-7-9/h3-4,6,9H,1-2,5,7,14H2. The predicted molar refractivity (Wildman–Crippen MR) is 67.8 cm³/mol. The van der Waals surface area contributed by atoms with E-state index in [4.69, 9.17) is 15.2 Å². The van der Waals surface area contributed by atoms with Crippen LogP contribution in [0, 0.1) is 0 Å². The van der Waals surface area contributed by atoms with E-state index < -0.39 is 0 Å². The molecule has 1 fully saturated rings. The second kappa shape index (κ2) is 5.51. The molecule has 0 bridgehead atoms. The Morgan fingerprint density at radius 2 is 2.35 bits per heavy atom. The lowest BCUT2D eigenvalue weighted by atomic mass is 10.1. The fraction of sp³-hybridized carbons (Fsp3) is 0.417.